The van der Waals surface area contributed by atoms with Crippen LogP contribution in [0.3, 0.4) is 0 Å². The predicted molar refractivity (Wildman–Crippen MR) is 87.8 cm³/mol. The third-order valence-electron chi connectivity index (χ3n) is 3.72. The Morgan fingerprint density at radius 3 is 2.50 bits per heavy atom. The van der Waals surface area contributed by atoms with Crippen molar-refractivity contribution in [2.75, 3.05) is 6.61 Å². The normalized spacial score (nSPS) is 16.9. The first-order chi connectivity index (χ1) is 10.6. The van der Waals surface area contributed by atoms with Gasteiger partial charge in [0.2, 0.25) is 0 Å². The lowest BCUT2D eigenvalue weighted by atomic mass is 10.1. The second-order valence-corrected chi connectivity index (χ2v) is 5.95. The van der Waals surface area contributed by atoms with Crippen molar-refractivity contribution in [2.24, 2.45) is 10.9 Å². The Balaban J connectivity index is 1.75. The first-order valence-corrected chi connectivity index (χ1v) is 8.03. The van der Waals surface area contributed by atoms with Crippen molar-refractivity contribution in [2.45, 2.75) is 44.6 Å². The third-order valence-corrected chi connectivity index (χ3v) is 3.97. The van der Waals surface area contributed by atoms with Gasteiger partial charge < -0.3 is 15.9 Å². The van der Waals surface area contributed by atoms with E-state index in [1.807, 2.05) is 0 Å². The molecule has 0 atom stereocenters. The van der Waals surface area contributed by atoms with E-state index in [0.717, 1.165) is 12.8 Å². The molecule has 22 heavy (non-hydrogen) atoms. The van der Waals surface area contributed by atoms with Gasteiger partial charge in [0.25, 0.3) is 5.91 Å². The molecule has 0 unspecified atom stereocenters. The molecule has 1 fully saturated rings. The molecule has 1 saturated carbocycles. The molecule has 0 radical (unpaired) electrons. The van der Waals surface area contributed by atoms with E-state index in [-0.39, 0.29) is 24.4 Å². The quantitative estimate of drug-likeness (QED) is 0.378. The van der Waals surface area contributed by atoms with Gasteiger partial charge in [-0.05, 0) is 37.1 Å². The average Bonchev–Trinajstić information content (AvgIpc) is 2.76. The molecule has 1 aliphatic carbocycles. The summed E-state index contributed by atoms with van der Waals surface area (Å²) >= 11 is 5.80. The van der Waals surface area contributed by atoms with Crippen LogP contribution in [0.4, 0.5) is 0 Å². The van der Waals surface area contributed by atoms with Crippen LogP contribution in [0.2, 0.25) is 5.02 Å². The summed E-state index contributed by atoms with van der Waals surface area (Å²) in [5, 5.41) is 7.38. The standard InChI is InChI=1S/C16H22ClN3O2/c17-13-9-7-12(8-10-13)16(18)20-22-11-15(21)19-14-5-3-1-2-4-6-14/h7-10,14H,1-6,11H2,(H2,18,20)(H,19,21). The van der Waals surface area contributed by atoms with Crippen molar-refractivity contribution in [3.05, 3.63) is 34.9 Å². The Morgan fingerprint density at radius 2 is 1.86 bits per heavy atom. The number of oxime groups is 1. The average molecular weight is 324 g/mol. The van der Waals surface area contributed by atoms with E-state index in [1.54, 1.807) is 24.3 Å². The molecule has 0 heterocycles. The van der Waals surface area contributed by atoms with Gasteiger partial charge in [-0.25, -0.2) is 0 Å². The summed E-state index contributed by atoms with van der Waals surface area (Å²) in [7, 11) is 0. The number of nitrogens with two attached hydrogens (primary N) is 1. The molecule has 3 N–H and O–H groups in total. The molecule has 2 rings (SSSR count). The Labute approximate surface area is 135 Å². The van der Waals surface area contributed by atoms with Crippen molar-refractivity contribution >= 4 is 23.3 Å². The molecule has 0 saturated heterocycles. The fourth-order valence-corrected chi connectivity index (χ4v) is 2.65. The number of hydrogen-bond acceptors (Lipinski definition) is 3. The molecular weight excluding hydrogens is 302 g/mol. The maximum Gasteiger partial charge on any atom is 0.260 e. The Hall–Kier alpha value is -1.75. The highest BCUT2D eigenvalue weighted by molar-refractivity contribution is 6.30. The molecule has 0 bridgehead atoms. The minimum atomic E-state index is -0.153. The molecule has 0 aromatic heterocycles. The first kappa shape index (κ1) is 16.6. The van der Waals surface area contributed by atoms with Gasteiger partial charge in [0.15, 0.2) is 12.4 Å². The highest BCUT2D eigenvalue weighted by Crippen LogP contribution is 2.17. The number of nitrogens with zero attached hydrogens (tertiary/aromatic N) is 1. The van der Waals surface area contributed by atoms with Gasteiger partial charge in [0.1, 0.15) is 0 Å². The first-order valence-electron chi connectivity index (χ1n) is 7.66. The molecule has 1 aromatic carbocycles. The van der Waals surface area contributed by atoms with Gasteiger partial charge >= 0.3 is 0 Å². The van der Waals surface area contributed by atoms with Gasteiger partial charge in [-0.2, -0.15) is 0 Å². The number of carbonyl (C=O) groups is 1. The number of hydrogen-bond donors (Lipinski definition) is 2. The second kappa shape index (κ2) is 8.63. The maximum absolute atomic E-state index is 11.8. The van der Waals surface area contributed by atoms with Gasteiger partial charge in [-0.3, -0.25) is 4.79 Å². The van der Waals surface area contributed by atoms with E-state index in [9.17, 15) is 4.79 Å². The zero-order valence-electron chi connectivity index (χ0n) is 12.6. The molecule has 0 spiro atoms. The fraction of sp³-hybridized carbons (Fsp3) is 0.500. The lowest BCUT2D eigenvalue weighted by Gasteiger charge is -2.15. The molecule has 120 valence electrons. The summed E-state index contributed by atoms with van der Waals surface area (Å²) in [4.78, 5) is 16.9. The minimum absolute atomic E-state index is 0.120. The molecule has 1 amide bonds. The van der Waals surface area contributed by atoms with Crippen LogP contribution in [0.5, 0.6) is 0 Å². The highest BCUT2D eigenvalue weighted by atomic mass is 35.5. The minimum Gasteiger partial charge on any atom is -0.384 e. The molecule has 1 aromatic rings. The van der Waals surface area contributed by atoms with E-state index in [1.165, 1.54) is 25.7 Å². The van der Waals surface area contributed by atoms with E-state index in [0.29, 0.717) is 10.6 Å². The Kier molecular flexibility index (Phi) is 6.52. The summed E-state index contributed by atoms with van der Waals surface area (Å²) in [6, 6.07) is 7.19. The number of halogens is 1. The molecule has 6 heteroatoms. The van der Waals surface area contributed by atoms with Crippen molar-refractivity contribution in [1.82, 2.24) is 5.32 Å². The molecule has 5 nitrogen and oxygen atoms in total. The van der Waals surface area contributed by atoms with E-state index < -0.39 is 0 Å². The van der Waals surface area contributed by atoms with Crippen LogP contribution in [0.15, 0.2) is 29.4 Å². The SMILES string of the molecule is N/C(=N/OCC(=O)NC1CCCCCC1)c1ccc(Cl)cc1. The van der Waals surface area contributed by atoms with Gasteiger partial charge in [0, 0.05) is 16.6 Å². The summed E-state index contributed by atoms with van der Waals surface area (Å²) in [5.74, 6) is 0.0680. The predicted octanol–water partition coefficient (Wildman–Crippen LogP) is 2.82. The van der Waals surface area contributed by atoms with Crippen LogP contribution in [0, 0.1) is 0 Å². The largest absolute Gasteiger partial charge is 0.384 e. The Morgan fingerprint density at radius 1 is 1.23 bits per heavy atom. The van der Waals surface area contributed by atoms with Crippen LogP contribution >= 0.6 is 11.6 Å². The van der Waals surface area contributed by atoms with E-state index >= 15 is 0 Å². The number of amidine groups is 1. The van der Waals surface area contributed by atoms with Gasteiger partial charge in [-0.1, -0.05) is 42.4 Å². The van der Waals surface area contributed by atoms with Crippen LogP contribution < -0.4 is 11.1 Å². The zero-order chi connectivity index (χ0) is 15.8. The van der Waals surface area contributed by atoms with Crippen LogP contribution in [-0.2, 0) is 9.63 Å². The van der Waals surface area contributed by atoms with Crippen LogP contribution in [-0.4, -0.2) is 24.4 Å². The van der Waals surface area contributed by atoms with Crippen molar-refractivity contribution in [3.63, 3.8) is 0 Å². The number of carbonyl (C=O) groups excluding carboxylic acids is 1. The maximum atomic E-state index is 11.8. The van der Waals surface area contributed by atoms with Crippen molar-refractivity contribution in [1.29, 1.82) is 0 Å². The topological polar surface area (TPSA) is 76.7 Å². The number of rotatable bonds is 5. The van der Waals surface area contributed by atoms with Crippen molar-refractivity contribution in [3.8, 4) is 0 Å². The molecule has 1 aliphatic rings. The lowest BCUT2D eigenvalue weighted by molar-refractivity contribution is -0.126. The van der Waals surface area contributed by atoms with Crippen LogP contribution in [0.1, 0.15) is 44.1 Å². The van der Waals surface area contributed by atoms with Crippen LogP contribution in [0.25, 0.3) is 0 Å². The smallest absolute Gasteiger partial charge is 0.260 e. The monoisotopic (exact) mass is 323 g/mol. The number of nitrogens with one attached hydrogen (secondary N) is 1. The lowest BCUT2D eigenvalue weighted by Crippen LogP contribution is -2.36. The van der Waals surface area contributed by atoms with Crippen molar-refractivity contribution < 1.29 is 9.63 Å². The summed E-state index contributed by atoms with van der Waals surface area (Å²) in [6.45, 7) is -0.120. The Bertz CT molecular complexity index is 509. The van der Waals surface area contributed by atoms with E-state index in [2.05, 4.69) is 10.5 Å². The van der Waals surface area contributed by atoms with Gasteiger partial charge in [0.05, 0.1) is 0 Å². The zero-order valence-corrected chi connectivity index (χ0v) is 13.3. The second-order valence-electron chi connectivity index (χ2n) is 5.51. The highest BCUT2D eigenvalue weighted by Gasteiger charge is 2.14. The third kappa shape index (κ3) is 5.56. The number of benzene rings is 1. The number of amides is 1. The molecular formula is C16H22ClN3O2. The van der Waals surface area contributed by atoms with Gasteiger partial charge in [-0.15, -0.1) is 0 Å². The summed E-state index contributed by atoms with van der Waals surface area (Å²) in [6.07, 6.45) is 6.94. The summed E-state index contributed by atoms with van der Waals surface area (Å²) < 4.78 is 0. The summed E-state index contributed by atoms with van der Waals surface area (Å²) in [5.41, 5.74) is 6.49. The molecule has 0 aliphatic heterocycles. The van der Waals surface area contributed by atoms with E-state index in [4.69, 9.17) is 22.2 Å². The fourth-order valence-electron chi connectivity index (χ4n) is 2.53.